The summed E-state index contributed by atoms with van der Waals surface area (Å²) >= 11 is 0. The highest BCUT2D eigenvalue weighted by atomic mass is 16.5. The lowest BCUT2D eigenvalue weighted by Crippen LogP contribution is -2.39. The number of carbonyl (C=O) groups excluding carboxylic acids is 1. The molecule has 0 fully saturated rings. The maximum atomic E-state index is 11.7. The van der Waals surface area contributed by atoms with Gasteiger partial charge in [-0.25, -0.2) is 0 Å². The van der Waals surface area contributed by atoms with Crippen LogP contribution in [0.2, 0.25) is 0 Å². The molecule has 0 aromatic carbocycles. The van der Waals surface area contributed by atoms with Crippen LogP contribution >= 0.6 is 0 Å². The number of hydrogen-bond donors (Lipinski definition) is 2. The average molecular weight is 256 g/mol. The first-order valence-electron chi connectivity index (χ1n) is 5.87. The highest BCUT2D eigenvalue weighted by Gasteiger charge is 2.10. The van der Waals surface area contributed by atoms with Crippen LogP contribution < -0.4 is 5.32 Å². The zero-order valence-electron chi connectivity index (χ0n) is 10.6. The van der Waals surface area contributed by atoms with Gasteiger partial charge in [-0.2, -0.15) is 0 Å². The number of furan rings is 1. The number of aliphatic hydroxyl groups excluding tert-OH is 1. The Kier molecular flexibility index (Phi) is 7.09. The van der Waals surface area contributed by atoms with Crippen molar-refractivity contribution in [2.24, 2.45) is 0 Å². The van der Waals surface area contributed by atoms with Crippen LogP contribution in [-0.4, -0.2) is 55.9 Å². The third kappa shape index (κ3) is 5.81. The molecule has 0 atom stereocenters. The Hall–Kier alpha value is -1.37. The van der Waals surface area contributed by atoms with Crippen LogP contribution in [0.25, 0.3) is 0 Å². The van der Waals surface area contributed by atoms with Gasteiger partial charge in [0.2, 0.25) is 5.91 Å². The van der Waals surface area contributed by atoms with Crippen LogP contribution in [0.1, 0.15) is 5.76 Å². The Labute approximate surface area is 107 Å². The van der Waals surface area contributed by atoms with E-state index in [1.54, 1.807) is 25.5 Å². The van der Waals surface area contributed by atoms with Gasteiger partial charge in [-0.05, 0) is 12.1 Å². The molecule has 0 aliphatic carbocycles. The third-order valence-electron chi connectivity index (χ3n) is 2.43. The molecule has 6 heteroatoms. The minimum absolute atomic E-state index is 0.0230. The van der Waals surface area contributed by atoms with Crippen LogP contribution in [0.15, 0.2) is 22.8 Å². The van der Waals surface area contributed by atoms with Crippen molar-refractivity contribution in [1.29, 1.82) is 0 Å². The summed E-state index contributed by atoms with van der Waals surface area (Å²) in [5.41, 5.74) is 0. The van der Waals surface area contributed by atoms with E-state index in [2.05, 4.69) is 5.32 Å². The number of rotatable bonds is 9. The van der Waals surface area contributed by atoms with E-state index in [4.69, 9.17) is 14.3 Å². The number of methoxy groups -OCH3 is 1. The van der Waals surface area contributed by atoms with Crippen LogP contribution in [0.4, 0.5) is 0 Å². The molecule has 1 heterocycles. The molecule has 2 N–H and O–H groups in total. The Morgan fingerprint density at radius 2 is 2.39 bits per heavy atom. The molecule has 1 aromatic heterocycles. The molecule has 1 amide bonds. The summed E-state index contributed by atoms with van der Waals surface area (Å²) in [6, 6.07) is 3.58. The van der Waals surface area contributed by atoms with Gasteiger partial charge in [-0.3, -0.25) is 9.69 Å². The molecule has 0 bridgehead atoms. The van der Waals surface area contributed by atoms with Gasteiger partial charge in [-0.15, -0.1) is 0 Å². The predicted molar refractivity (Wildman–Crippen MR) is 66.0 cm³/mol. The van der Waals surface area contributed by atoms with E-state index >= 15 is 0 Å². The molecule has 0 spiro atoms. The molecule has 102 valence electrons. The Morgan fingerprint density at radius 3 is 3.00 bits per heavy atom. The van der Waals surface area contributed by atoms with Crippen molar-refractivity contribution in [2.45, 2.75) is 6.54 Å². The quantitative estimate of drug-likeness (QED) is 0.642. The summed E-state index contributed by atoms with van der Waals surface area (Å²) in [7, 11) is 1.61. The predicted octanol–water partition coefficient (Wildman–Crippen LogP) is -0.163. The molecule has 0 unspecified atom stereocenters. The minimum atomic E-state index is -0.101. The molecular formula is C12H20N2O4. The molecule has 0 saturated heterocycles. The fraction of sp³-hybridized carbons (Fsp3) is 0.583. The Balaban J connectivity index is 2.26. The number of nitrogens with one attached hydrogen (secondary N) is 1. The van der Waals surface area contributed by atoms with Crippen molar-refractivity contribution >= 4 is 5.91 Å². The zero-order chi connectivity index (χ0) is 13.2. The van der Waals surface area contributed by atoms with Crippen molar-refractivity contribution < 1.29 is 19.1 Å². The van der Waals surface area contributed by atoms with E-state index in [1.807, 2.05) is 4.90 Å². The first-order chi connectivity index (χ1) is 8.76. The molecule has 0 aliphatic rings. The van der Waals surface area contributed by atoms with E-state index in [9.17, 15) is 4.79 Å². The standard InChI is InChI=1S/C12H20N2O4/c1-17-8-5-14(4-6-15)10-12(16)13-9-11-3-2-7-18-11/h2-3,7,15H,4-6,8-10H2,1H3,(H,13,16). The first-order valence-corrected chi connectivity index (χ1v) is 5.87. The number of nitrogens with zero attached hydrogens (tertiary/aromatic N) is 1. The minimum Gasteiger partial charge on any atom is -0.467 e. The van der Waals surface area contributed by atoms with E-state index in [0.29, 0.717) is 32.0 Å². The molecule has 18 heavy (non-hydrogen) atoms. The van der Waals surface area contributed by atoms with E-state index in [-0.39, 0.29) is 19.1 Å². The van der Waals surface area contributed by atoms with E-state index < -0.39 is 0 Å². The van der Waals surface area contributed by atoms with Gasteiger partial charge in [0.15, 0.2) is 0 Å². The van der Waals surface area contributed by atoms with Crippen molar-refractivity contribution in [1.82, 2.24) is 10.2 Å². The summed E-state index contributed by atoms with van der Waals surface area (Å²) < 4.78 is 10.1. The summed E-state index contributed by atoms with van der Waals surface area (Å²) in [6.07, 6.45) is 1.57. The molecule has 1 aromatic rings. The van der Waals surface area contributed by atoms with Crippen molar-refractivity contribution in [3.05, 3.63) is 24.2 Å². The third-order valence-corrected chi connectivity index (χ3v) is 2.43. The average Bonchev–Trinajstić information content (AvgIpc) is 2.87. The number of amides is 1. The smallest absolute Gasteiger partial charge is 0.234 e. The van der Waals surface area contributed by atoms with Crippen LogP contribution in [-0.2, 0) is 16.1 Å². The monoisotopic (exact) mass is 256 g/mol. The SMILES string of the molecule is COCCN(CCO)CC(=O)NCc1ccco1. The Bertz CT molecular complexity index is 327. The van der Waals surface area contributed by atoms with Crippen molar-refractivity contribution in [3.63, 3.8) is 0 Å². The van der Waals surface area contributed by atoms with Gasteiger partial charge >= 0.3 is 0 Å². The van der Waals surface area contributed by atoms with Crippen molar-refractivity contribution in [3.8, 4) is 0 Å². The van der Waals surface area contributed by atoms with Gasteiger partial charge in [-0.1, -0.05) is 0 Å². The molecular weight excluding hydrogens is 236 g/mol. The lowest BCUT2D eigenvalue weighted by Gasteiger charge is -2.19. The topological polar surface area (TPSA) is 74.9 Å². The molecule has 1 rings (SSSR count). The summed E-state index contributed by atoms with van der Waals surface area (Å²) in [5.74, 6) is 0.616. The molecule has 6 nitrogen and oxygen atoms in total. The summed E-state index contributed by atoms with van der Waals surface area (Å²) in [6.45, 7) is 2.25. The lowest BCUT2D eigenvalue weighted by molar-refractivity contribution is -0.122. The maximum Gasteiger partial charge on any atom is 0.234 e. The normalized spacial score (nSPS) is 10.8. The second-order valence-electron chi connectivity index (χ2n) is 3.85. The zero-order valence-corrected chi connectivity index (χ0v) is 10.6. The van der Waals surface area contributed by atoms with Gasteiger partial charge < -0.3 is 19.6 Å². The number of ether oxygens (including phenoxy) is 1. The number of carbonyl (C=O) groups is 1. The summed E-state index contributed by atoms with van der Waals surface area (Å²) in [4.78, 5) is 13.5. The van der Waals surface area contributed by atoms with Gasteiger partial charge in [0, 0.05) is 20.2 Å². The van der Waals surface area contributed by atoms with Gasteiger partial charge in [0.1, 0.15) is 5.76 Å². The second kappa shape index (κ2) is 8.68. The van der Waals surface area contributed by atoms with Gasteiger partial charge in [0.05, 0.1) is 32.6 Å². The van der Waals surface area contributed by atoms with Crippen LogP contribution in [0.5, 0.6) is 0 Å². The van der Waals surface area contributed by atoms with E-state index in [1.165, 1.54) is 0 Å². The maximum absolute atomic E-state index is 11.7. The fourth-order valence-corrected chi connectivity index (χ4v) is 1.49. The molecule has 0 aliphatic heterocycles. The largest absolute Gasteiger partial charge is 0.467 e. The highest BCUT2D eigenvalue weighted by molar-refractivity contribution is 5.77. The molecule has 0 radical (unpaired) electrons. The number of hydrogen-bond acceptors (Lipinski definition) is 5. The first kappa shape index (κ1) is 14.7. The number of aliphatic hydroxyl groups is 1. The van der Waals surface area contributed by atoms with Gasteiger partial charge in [0.25, 0.3) is 0 Å². The Morgan fingerprint density at radius 1 is 1.56 bits per heavy atom. The molecule has 0 saturated carbocycles. The lowest BCUT2D eigenvalue weighted by atomic mass is 10.4. The van der Waals surface area contributed by atoms with E-state index in [0.717, 1.165) is 0 Å². The van der Waals surface area contributed by atoms with Crippen LogP contribution in [0, 0.1) is 0 Å². The fourth-order valence-electron chi connectivity index (χ4n) is 1.49. The second-order valence-corrected chi connectivity index (χ2v) is 3.85. The highest BCUT2D eigenvalue weighted by Crippen LogP contribution is 1.98. The van der Waals surface area contributed by atoms with Crippen LogP contribution in [0.3, 0.4) is 0 Å². The summed E-state index contributed by atoms with van der Waals surface area (Å²) in [5, 5.41) is 11.7. The van der Waals surface area contributed by atoms with Crippen molar-refractivity contribution in [2.75, 3.05) is 40.0 Å².